The maximum atomic E-state index is 11.1. The average molecular weight is 250 g/mol. The summed E-state index contributed by atoms with van der Waals surface area (Å²) in [7, 11) is 0. The Kier molecular flexibility index (Phi) is 5.01. The minimum Gasteiger partial charge on any atom is -0.478 e. The molecule has 4 nitrogen and oxygen atoms in total. The summed E-state index contributed by atoms with van der Waals surface area (Å²) in [4.78, 5) is 11.1. The van der Waals surface area contributed by atoms with E-state index < -0.39 is 5.97 Å². The molecule has 1 aromatic rings. The number of nitrogens with two attached hydrogens (primary N) is 1. The number of nitrogen functional groups attached to an aromatic ring is 1. The smallest absolute Gasteiger partial charge is 0.337 e. The lowest BCUT2D eigenvalue weighted by Crippen LogP contribution is -2.18. The van der Waals surface area contributed by atoms with E-state index in [4.69, 9.17) is 10.8 Å². The van der Waals surface area contributed by atoms with E-state index in [9.17, 15) is 4.79 Å². The third kappa shape index (κ3) is 4.28. The van der Waals surface area contributed by atoms with Crippen molar-refractivity contribution in [1.82, 2.24) is 0 Å². The Morgan fingerprint density at radius 3 is 2.56 bits per heavy atom. The lowest BCUT2D eigenvalue weighted by atomic mass is 10.0. The number of hydrogen-bond donors (Lipinski definition) is 3. The number of aromatic carboxylic acids is 1. The van der Waals surface area contributed by atoms with E-state index in [0.717, 1.165) is 12.8 Å². The molecule has 0 spiro atoms. The van der Waals surface area contributed by atoms with Crippen LogP contribution >= 0.6 is 0 Å². The molecule has 100 valence electrons. The number of nitrogens with one attached hydrogen (secondary N) is 1. The Balaban J connectivity index is 2.76. The summed E-state index contributed by atoms with van der Waals surface area (Å²) in [6, 6.07) is 5.05. The monoisotopic (exact) mass is 250 g/mol. The van der Waals surface area contributed by atoms with Crippen LogP contribution in [0.3, 0.4) is 0 Å². The molecule has 0 saturated carbocycles. The molecule has 0 heterocycles. The number of rotatable bonds is 6. The molecular weight excluding hydrogens is 228 g/mol. The van der Waals surface area contributed by atoms with Gasteiger partial charge in [-0.05, 0) is 43.9 Å². The molecule has 0 aliphatic carbocycles. The van der Waals surface area contributed by atoms with Crippen molar-refractivity contribution in [3.05, 3.63) is 23.8 Å². The van der Waals surface area contributed by atoms with Gasteiger partial charge in [0, 0.05) is 11.7 Å². The van der Waals surface area contributed by atoms with E-state index in [1.54, 1.807) is 12.1 Å². The second-order valence-electron chi connectivity index (χ2n) is 5.13. The fourth-order valence-corrected chi connectivity index (χ4v) is 1.79. The topological polar surface area (TPSA) is 75.3 Å². The molecule has 4 N–H and O–H groups in total. The van der Waals surface area contributed by atoms with Crippen molar-refractivity contribution in [3.8, 4) is 0 Å². The van der Waals surface area contributed by atoms with Crippen molar-refractivity contribution < 1.29 is 9.90 Å². The number of benzene rings is 1. The molecule has 0 bridgehead atoms. The van der Waals surface area contributed by atoms with Crippen molar-refractivity contribution >= 4 is 17.3 Å². The van der Waals surface area contributed by atoms with Gasteiger partial charge >= 0.3 is 5.97 Å². The molecular formula is C14H22N2O2. The zero-order valence-electron chi connectivity index (χ0n) is 11.2. The first-order valence-corrected chi connectivity index (χ1v) is 6.29. The number of anilines is 2. The number of carbonyl (C=O) groups is 1. The summed E-state index contributed by atoms with van der Waals surface area (Å²) in [6.45, 7) is 6.41. The summed E-state index contributed by atoms with van der Waals surface area (Å²) >= 11 is 0. The zero-order valence-corrected chi connectivity index (χ0v) is 11.2. The summed E-state index contributed by atoms with van der Waals surface area (Å²) in [5.41, 5.74) is 7.12. The summed E-state index contributed by atoms with van der Waals surface area (Å²) in [5, 5.41) is 12.3. The highest BCUT2D eigenvalue weighted by molar-refractivity contribution is 5.95. The highest BCUT2D eigenvalue weighted by Crippen LogP contribution is 2.21. The van der Waals surface area contributed by atoms with Crippen molar-refractivity contribution in [2.24, 2.45) is 5.92 Å². The van der Waals surface area contributed by atoms with E-state index in [0.29, 0.717) is 17.3 Å². The third-order valence-corrected chi connectivity index (χ3v) is 2.85. The molecule has 0 radical (unpaired) electrons. The van der Waals surface area contributed by atoms with Crippen LogP contribution in [-0.2, 0) is 0 Å². The fraction of sp³-hybridized carbons (Fsp3) is 0.500. The Morgan fingerprint density at radius 2 is 2.00 bits per heavy atom. The van der Waals surface area contributed by atoms with E-state index in [-0.39, 0.29) is 11.6 Å². The van der Waals surface area contributed by atoms with E-state index in [1.807, 2.05) is 0 Å². The molecule has 18 heavy (non-hydrogen) atoms. The van der Waals surface area contributed by atoms with Gasteiger partial charge in [0.05, 0.1) is 11.3 Å². The second kappa shape index (κ2) is 6.28. The van der Waals surface area contributed by atoms with Gasteiger partial charge in [0.25, 0.3) is 0 Å². The molecule has 0 aliphatic rings. The third-order valence-electron chi connectivity index (χ3n) is 2.85. The van der Waals surface area contributed by atoms with Crippen molar-refractivity contribution in [2.75, 3.05) is 11.1 Å². The summed E-state index contributed by atoms with van der Waals surface area (Å²) in [6.07, 6.45) is 2.12. The van der Waals surface area contributed by atoms with Crippen LogP contribution in [0, 0.1) is 5.92 Å². The Morgan fingerprint density at radius 1 is 1.33 bits per heavy atom. The molecule has 0 fully saturated rings. The Labute approximate surface area is 108 Å². The van der Waals surface area contributed by atoms with Gasteiger partial charge in [0.2, 0.25) is 0 Å². The molecule has 1 aromatic carbocycles. The van der Waals surface area contributed by atoms with Crippen LogP contribution in [0.2, 0.25) is 0 Å². The molecule has 0 aliphatic heterocycles. The van der Waals surface area contributed by atoms with Gasteiger partial charge < -0.3 is 16.2 Å². The lowest BCUT2D eigenvalue weighted by Gasteiger charge is -2.18. The van der Waals surface area contributed by atoms with Gasteiger partial charge in [0.15, 0.2) is 0 Å². The molecule has 0 saturated heterocycles. The first kappa shape index (κ1) is 14.4. The van der Waals surface area contributed by atoms with Crippen LogP contribution < -0.4 is 11.1 Å². The van der Waals surface area contributed by atoms with Gasteiger partial charge in [-0.3, -0.25) is 0 Å². The van der Waals surface area contributed by atoms with Crippen molar-refractivity contribution in [3.63, 3.8) is 0 Å². The molecule has 4 heteroatoms. The molecule has 1 unspecified atom stereocenters. The number of carboxylic acid groups (broad SMARTS) is 1. The SMILES string of the molecule is CC(C)CCC(C)Nc1cc(N)ccc1C(=O)O. The number of carboxylic acids is 1. The van der Waals surface area contributed by atoms with E-state index in [1.165, 1.54) is 6.07 Å². The lowest BCUT2D eigenvalue weighted by molar-refractivity contribution is 0.0698. The quantitative estimate of drug-likeness (QED) is 0.678. The Hall–Kier alpha value is -1.71. The molecule has 1 atom stereocenters. The van der Waals surface area contributed by atoms with Gasteiger partial charge in [-0.1, -0.05) is 13.8 Å². The predicted molar refractivity (Wildman–Crippen MR) is 75.0 cm³/mol. The molecule has 0 aromatic heterocycles. The first-order chi connectivity index (χ1) is 8.40. The molecule has 1 rings (SSSR count). The fourth-order valence-electron chi connectivity index (χ4n) is 1.79. The molecule has 0 amide bonds. The normalized spacial score (nSPS) is 12.4. The summed E-state index contributed by atoms with van der Waals surface area (Å²) in [5.74, 6) is -0.289. The van der Waals surface area contributed by atoms with Crippen molar-refractivity contribution in [1.29, 1.82) is 0 Å². The summed E-state index contributed by atoms with van der Waals surface area (Å²) < 4.78 is 0. The van der Waals surface area contributed by atoms with E-state index in [2.05, 4.69) is 26.1 Å². The predicted octanol–water partition coefficient (Wildman–Crippen LogP) is 3.20. The van der Waals surface area contributed by atoms with Gasteiger partial charge in [-0.15, -0.1) is 0 Å². The zero-order chi connectivity index (χ0) is 13.7. The van der Waals surface area contributed by atoms with Crippen LogP contribution in [-0.4, -0.2) is 17.1 Å². The minimum absolute atomic E-state index is 0.229. The maximum absolute atomic E-state index is 11.1. The van der Waals surface area contributed by atoms with Gasteiger partial charge in [0.1, 0.15) is 0 Å². The largest absolute Gasteiger partial charge is 0.478 e. The average Bonchev–Trinajstić information content (AvgIpc) is 2.26. The van der Waals surface area contributed by atoms with E-state index >= 15 is 0 Å². The van der Waals surface area contributed by atoms with Gasteiger partial charge in [-0.25, -0.2) is 4.79 Å². The van der Waals surface area contributed by atoms with Crippen LogP contribution in [0.5, 0.6) is 0 Å². The van der Waals surface area contributed by atoms with Crippen molar-refractivity contribution in [2.45, 2.75) is 39.7 Å². The number of hydrogen-bond acceptors (Lipinski definition) is 3. The van der Waals surface area contributed by atoms with Crippen LogP contribution in [0.4, 0.5) is 11.4 Å². The second-order valence-corrected chi connectivity index (χ2v) is 5.13. The van der Waals surface area contributed by atoms with Crippen LogP contribution in [0.1, 0.15) is 44.0 Å². The van der Waals surface area contributed by atoms with Gasteiger partial charge in [-0.2, -0.15) is 0 Å². The highest BCUT2D eigenvalue weighted by atomic mass is 16.4. The maximum Gasteiger partial charge on any atom is 0.337 e. The first-order valence-electron chi connectivity index (χ1n) is 6.29. The van der Waals surface area contributed by atoms with Crippen LogP contribution in [0.25, 0.3) is 0 Å². The minimum atomic E-state index is -0.937. The standard InChI is InChI=1S/C14H22N2O2/c1-9(2)4-5-10(3)16-13-8-11(15)6-7-12(13)14(17)18/h6-10,16H,4-5,15H2,1-3H3,(H,17,18). The van der Waals surface area contributed by atoms with Crippen LogP contribution in [0.15, 0.2) is 18.2 Å². The Bertz CT molecular complexity index is 416. The highest BCUT2D eigenvalue weighted by Gasteiger charge is 2.12.